The first kappa shape index (κ1) is 19.1. The molecule has 2 aromatic heterocycles. The summed E-state index contributed by atoms with van der Waals surface area (Å²) < 4.78 is 58.6. The van der Waals surface area contributed by atoms with Crippen molar-refractivity contribution in [2.24, 2.45) is 0 Å². The second-order valence-corrected chi connectivity index (χ2v) is 6.80. The molecule has 0 aliphatic carbocycles. The first-order valence-corrected chi connectivity index (χ1v) is 8.88. The number of carbonyl (C=O) groups is 1. The largest absolute Gasteiger partial charge is 0.354 e. The molecule has 150 valence electrons. The fourth-order valence-electron chi connectivity index (χ4n) is 3.54. The van der Waals surface area contributed by atoms with Gasteiger partial charge in [0.2, 0.25) is 5.91 Å². The summed E-state index contributed by atoms with van der Waals surface area (Å²) in [6, 6.07) is 3.86. The summed E-state index contributed by atoms with van der Waals surface area (Å²) in [5, 5.41) is 4.03. The molecule has 4 rings (SSSR count). The molecule has 0 saturated carbocycles. The molecule has 1 atom stereocenters. The number of hydrogen-bond donors (Lipinski definition) is 0. The van der Waals surface area contributed by atoms with Crippen LogP contribution in [-0.4, -0.2) is 27.5 Å². The number of aromatic nitrogens is 2. The third kappa shape index (κ3) is 3.48. The van der Waals surface area contributed by atoms with Gasteiger partial charge >= 0.3 is 0 Å². The number of nitrogens with zero attached hydrogens (tertiary/aromatic N) is 3. The van der Waals surface area contributed by atoms with E-state index in [4.69, 9.17) is 4.52 Å². The van der Waals surface area contributed by atoms with Crippen LogP contribution in [0.2, 0.25) is 0 Å². The highest BCUT2D eigenvalue weighted by Gasteiger charge is 2.34. The first-order chi connectivity index (χ1) is 13.8. The van der Waals surface area contributed by atoms with Crippen LogP contribution in [0, 0.1) is 23.3 Å². The van der Waals surface area contributed by atoms with Gasteiger partial charge < -0.3 is 9.42 Å². The summed E-state index contributed by atoms with van der Waals surface area (Å²) in [6.07, 6.45) is 1.18. The highest BCUT2D eigenvalue weighted by atomic mass is 19.2. The number of hydrogen-bond acceptors (Lipinski definition) is 4. The lowest BCUT2D eigenvalue weighted by Crippen LogP contribution is -2.39. The molecule has 3 heterocycles. The number of rotatable bonds is 3. The topological polar surface area (TPSA) is 59.2 Å². The zero-order valence-corrected chi connectivity index (χ0v) is 15.3. The van der Waals surface area contributed by atoms with Crippen LogP contribution < -0.4 is 0 Å². The minimum atomic E-state index is -1.57. The molecule has 0 bridgehead atoms. The minimum absolute atomic E-state index is 0.0372. The maximum absolute atomic E-state index is 13.4. The number of fused-ring (bicyclic) bond motifs is 1. The van der Waals surface area contributed by atoms with Gasteiger partial charge in [-0.3, -0.25) is 4.79 Å². The van der Waals surface area contributed by atoms with Crippen molar-refractivity contribution < 1.29 is 26.9 Å². The number of pyridine rings is 1. The van der Waals surface area contributed by atoms with Gasteiger partial charge in [0.15, 0.2) is 23.2 Å². The van der Waals surface area contributed by atoms with Crippen LogP contribution in [0.25, 0.3) is 11.5 Å². The minimum Gasteiger partial charge on any atom is -0.354 e. The molecule has 1 aliphatic rings. The number of amides is 1. The van der Waals surface area contributed by atoms with E-state index in [2.05, 4.69) is 10.1 Å². The molecule has 0 N–H and O–H groups in total. The van der Waals surface area contributed by atoms with Gasteiger partial charge in [0.1, 0.15) is 11.5 Å². The Morgan fingerprint density at radius 1 is 1.21 bits per heavy atom. The van der Waals surface area contributed by atoms with Gasteiger partial charge in [0.05, 0.1) is 24.4 Å². The fraction of sp³-hybridized carbons (Fsp3) is 0.250. The predicted molar refractivity (Wildman–Crippen MR) is 93.5 cm³/mol. The molecule has 0 saturated heterocycles. The molecule has 1 amide bonds. The van der Waals surface area contributed by atoms with Crippen LogP contribution in [0.15, 0.2) is 35.0 Å². The third-order valence-electron chi connectivity index (χ3n) is 4.96. The normalized spacial score (nSPS) is 16.0. The molecular formula is C20H15F4N3O2. The van der Waals surface area contributed by atoms with Crippen molar-refractivity contribution in [1.82, 2.24) is 15.0 Å². The molecule has 1 aliphatic heterocycles. The lowest BCUT2D eigenvalue weighted by molar-refractivity contribution is -0.133. The van der Waals surface area contributed by atoms with Gasteiger partial charge in [-0.25, -0.2) is 22.5 Å². The third-order valence-corrected chi connectivity index (χ3v) is 4.96. The predicted octanol–water partition coefficient (Wildman–Crippen LogP) is 3.98. The second-order valence-electron chi connectivity index (χ2n) is 6.80. The summed E-state index contributed by atoms with van der Waals surface area (Å²) in [5.41, 5.74) is 1.74. The van der Waals surface area contributed by atoms with Gasteiger partial charge in [-0.05, 0) is 36.8 Å². The van der Waals surface area contributed by atoms with Crippen molar-refractivity contribution >= 4 is 5.91 Å². The molecule has 5 nitrogen and oxygen atoms in total. The van der Waals surface area contributed by atoms with E-state index in [1.165, 1.54) is 17.0 Å². The van der Waals surface area contributed by atoms with Gasteiger partial charge in [-0.15, -0.1) is 0 Å². The Morgan fingerprint density at radius 2 is 1.93 bits per heavy atom. The standard InChI is InChI=1S/C20H15F4N3O2/c1-10-18-15(26-29-20(18)16-3-2-12(21)9-25-16)4-5-27(10)17(28)8-11-6-13(22)19(24)14(23)7-11/h2-3,6-7,9-10H,4-5,8H2,1H3/t10-/m0/s1. The maximum atomic E-state index is 13.4. The molecule has 3 aromatic rings. The van der Waals surface area contributed by atoms with Gasteiger partial charge in [-0.2, -0.15) is 0 Å². The van der Waals surface area contributed by atoms with Crippen LogP contribution in [0.1, 0.15) is 29.8 Å². The van der Waals surface area contributed by atoms with Crippen molar-refractivity contribution in [1.29, 1.82) is 0 Å². The lowest BCUT2D eigenvalue weighted by atomic mass is 9.95. The summed E-state index contributed by atoms with van der Waals surface area (Å²) in [7, 11) is 0. The number of carbonyl (C=O) groups excluding carboxylic acids is 1. The van der Waals surface area contributed by atoms with E-state index in [9.17, 15) is 22.4 Å². The van der Waals surface area contributed by atoms with E-state index < -0.39 is 29.3 Å². The van der Waals surface area contributed by atoms with Crippen LogP contribution in [-0.2, 0) is 17.6 Å². The molecule has 1 aromatic carbocycles. The summed E-state index contributed by atoms with van der Waals surface area (Å²) in [5.74, 6) is -4.79. The van der Waals surface area contributed by atoms with Gasteiger partial charge in [0, 0.05) is 18.5 Å². The monoisotopic (exact) mass is 405 g/mol. The Bertz CT molecular complexity index is 1060. The van der Waals surface area contributed by atoms with Crippen LogP contribution >= 0.6 is 0 Å². The highest BCUT2D eigenvalue weighted by Crippen LogP contribution is 2.37. The van der Waals surface area contributed by atoms with Crippen molar-refractivity contribution in [3.63, 3.8) is 0 Å². The SMILES string of the molecule is C[C@H]1c2c(noc2-c2ccc(F)cn2)CCN1C(=O)Cc1cc(F)c(F)c(F)c1. The molecule has 0 radical (unpaired) electrons. The van der Waals surface area contributed by atoms with E-state index in [0.29, 0.717) is 35.7 Å². The van der Waals surface area contributed by atoms with E-state index in [1.54, 1.807) is 6.92 Å². The molecule has 0 unspecified atom stereocenters. The Morgan fingerprint density at radius 3 is 2.59 bits per heavy atom. The average Bonchev–Trinajstić information content (AvgIpc) is 3.12. The van der Waals surface area contributed by atoms with Crippen LogP contribution in [0.3, 0.4) is 0 Å². The lowest BCUT2D eigenvalue weighted by Gasteiger charge is -2.33. The van der Waals surface area contributed by atoms with E-state index in [0.717, 1.165) is 18.3 Å². The molecule has 9 heteroatoms. The fourth-order valence-corrected chi connectivity index (χ4v) is 3.54. The van der Waals surface area contributed by atoms with E-state index in [1.807, 2.05) is 0 Å². The quantitative estimate of drug-likeness (QED) is 0.489. The summed E-state index contributed by atoms with van der Waals surface area (Å²) in [6.45, 7) is 2.11. The second kappa shape index (κ2) is 7.31. The van der Waals surface area contributed by atoms with Crippen LogP contribution in [0.4, 0.5) is 17.6 Å². The molecular weight excluding hydrogens is 390 g/mol. The average molecular weight is 405 g/mol. The van der Waals surface area contributed by atoms with E-state index >= 15 is 0 Å². The maximum Gasteiger partial charge on any atom is 0.227 e. The van der Waals surface area contributed by atoms with Crippen molar-refractivity contribution in [2.75, 3.05) is 6.54 Å². The molecule has 0 fully saturated rings. The van der Waals surface area contributed by atoms with Crippen LogP contribution in [0.5, 0.6) is 0 Å². The summed E-state index contributed by atoms with van der Waals surface area (Å²) >= 11 is 0. The van der Waals surface area contributed by atoms with Crippen molar-refractivity contribution in [2.45, 2.75) is 25.8 Å². The van der Waals surface area contributed by atoms with Gasteiger partial charge in [-0.1, -0.05) is 5.16 Å². The van der Waals surface area contributed by atoms with Crippen molar-refractivity contribution in [3.05, 3.63) is 70.6 Å². The van der Waals surface area contributed by atoms with Gasteiger partial charge in [0.25, 0.3) is 0 Å². The number of benzene rings is 1. The first-order valence-electron chi connectivity index (χ1n) is 8.88. The summed E-state index contributed by atoms with van der Waals surface area (Å²) in [4.78, 5) is 18.3. The zero-order valence-electron chi connectivity index (χ0n) is 15.3. The Hall–Kier alpha value is -3.23. The highest BCUT2D eigenvalue weighted by molar-refractivity contribution is 5.80. The molecule has 29 heavy (non-hydrogen) atoms. The van der Waals surface area contributed by atoms with E-state index in [-0.39, 0.29) is 17.9 Å². The Balaban J connectivity index is 1.60. The molecule has 0 spiro atoms. The van der Waals surface area contributed by atoms with Crippen molar-refractivity contribution in [3.8, 4) is 11.5 Å². The Labute approximate surface area is 162 Å². The zero-order chi connectivity index (χ0) is 20.7. The Kier molecular flexibility index (Phi) is 4.81. The smallest absolute Gasteiger partial charge is 0.227 e. The number of halogens is 4.